The van der Waals surface area contributed by atoms with E-state index in [1.165, 1.54) is 13.8 Å². The Hall–Kier alpha value is -2.07. The van der Waals surface area contributed by atoms with Crippen molar-refractivity contribution in [3.63, 3.8) is 0 Å². The maximum Gasteiger partial charge on any atom is 0.417 e. The number of alkyl halides is 3. The van der Waals surface area contributed by atoms with E-state index in [2.05, 4.69) is 10.3 Å². The van der Waals surface area contributed by atoms with E-state index in [9.17, 15) is 26.4 Å². The predicted molar refractivity (Wildman–Crippen MR) is 110 cm³/mol. The summed E-state index contributed by atoms with van der Waals surface area (Å²) in [6, 6.07) is 9.31. The van der Waals surface area contributed by atoms with Gasteiger partial charge in [-0.2, -0.15) is 13.2 Å². The molecule has 2 rings (SSSR count). The molecule has 164 valence electrons. The van der Waals surface area contributed by atoms with Gasteiger partial charge in [0.2, 0.25) is 15.7 Å². The van der Waals surface area contributed by atoms with E-state index in [1.807, 2.05) is 31.2 Å². The molecule has 1 N–H and O–H groups in total. The van der Waals surface area contributed by atoms with E-state index in [1.54, 1.807) is 11.8 Å². The number of thioether (sulfide) groups is 1. The fraction of sp³-hybridized carbons (Fsp3) is 0.400. The molecule has 0 aliphatic rings. The van der Waals surface area contributed by atoms with Gasteiger partial charge in [0.05, 0.1) is 5.56 Å². The molecule has 0 atom stereocenters. The number of pyridine rings is 1. The Bertz CT molecular complexity index is 989. The van der Waals surface area contributed by atoms with Crippen LogP contribution in [0.4, 0.5) is 13.2 Å². The average molecular weight is 461 g/mol. The van der Waals surface area contributed by atoms with Crippen LogP contribution in [0, 0.1) is 6.92 Å². The fourth-order valence-corrected chi connectivity index (χ4v) is 4.73. The van der Waals surface area contributed by atoms with Crippen molar-refractivity contribution in [1.29, 1.82) is 0 Å². The lowest BCUT2D eigenvalue weighted by Crippen LogP contribution is -2.48. The van der Waals surface area contributed by atoms with Gasteiger partial charge in [-0.1, -0.05) is 18.2 Å². The van der Waals surface area contributed by atoms with E-state index >= 15 is 0 Å². The highest BCUT2D eigenvalue weighted by Gasteiger charge is 2.44. The van der Waals surface area contributed by atoms with Gasteiger partial charge in [-0.25, -0.2) is 13.4 Å². The standard InChI is InChI=1S/C20H23F3N2O3S2/c1-14-7-4-5-8-16(14)29-12-6-11-24-18(26)19(2,3)30(27,28)17-10-9-15(13-25-17)20(21,22)23/h4-5,7-10,13H,6,11-12H2,1-3H3,(H,24,26). The molecule has 0 saturated carbocycles. The van der Waals surface area contributed by atoms with Gasteiger partial charge in [0.15, 0.2) is 9.77 Å². The van der Waals surface area contributed by atoms with Crippen molar-refractivity contribution >= 4 is 27.5 Å². The molecule has 0 fully saturated rings. The minimum absolute atomic E-state index is 0.275. The van der Waals surface area contributed by atoms with Gasteiger partial charge < -0.3 is 5.32 Å². The maximum atomic E-state index is 12.8. The number of benzene rings is 1. The van der Waals surface area contributed by atoms with E-state index in [0.717, 1.165) is 22.3 Å². The Morgan fingerprint density at radius 3 is 2.37 bits per heavy atom. The van der Waals surface area contributed by atoms with Gasteiger partial charge in [0.25, 0.3) is 0 Å². The van der Waals surface area contributed by atoms with Gasteiger partial charge in [0, 0.05) is 17.6 Å². The van der Waals surface area contributed by atoms with Crippen molar-refractivity contribution < 1.29 is 26.4 Å². The van der Waals surface area contributed by atoms with Gasteiger partial charge in [-0.3, -0.25) is 4.79 Å². The third kappa shape index (κ3) is 5.54. The van der Waals surface area contributed by atoms with Crippen LogP contribution in [0.1, 0.15) is 31.4 Å². The monoisotopic (exact) mass is 460 g/mol. The Kier molecular flexibility index (Phi) is 7.57. The molecule has 10 heteroatoms. The second-order valence-corrected chi connectivity index (χ2v) is 10.7. The van der Waals surface area contributed by atoms with Crippen LogP contribution in [0.2, 0.25) is 0 Å². The molecule has 1 aromatic carbocycles. The summed E-state index contributed by atoms with van der Waals surface area (Å²) in [5.74, 6) is 0.00349. The molecule has 2 aromatic rings. The number of rotatable bonds is 8. The third-order valence-corrected chi connectivity index (χ3v) is 8.10. The molecule has 1 amide bonds. The first-order valence-electron chi connectivity index (χ1n) is 9.12. The Labute approximate surface area is 178 Å². The molecular weight excluding hydrogens is 437 g/mol. The number of halogens is 3. The molecule has 30 heavy (non-hydrogen) atoms. The third-order valence-electron chi connectivity index (χ3n) is 4.52. The zero-order valence-corrected chi connectivity index (χ0v) is 18.4. The lowest BCUT2D eigenvalue weighted by molar-refractivity contribution is -0.137. The summed E-state index contributed by atoms with van der Waals surface area (Å²) in [4.78, 5) is 17.1. The number of amides is 1. The first-order valence-corrected chi connectivity index (χ1v) is 11.6. The number of carbonyl (C=O) groups excluding carboxylic acids is 1. The molecule has 1 heterocycles. The van der Waals surface area contributed by atoms with Crippen LogP contribution in [0.25, 0.3) is 0 Å². The molecule has 5 nitrogen and oxygen atoms in total. The van der Waals surface area contributed by atoms with Crippen molar-refractivity contribution in [2.75, 3.05) is 12.3 Å². The first kappa shape index (κ1) is 24.2. The summed E-state index contributed by atoms with van der Waals surface area (Å²) in [5.41, 5.74) is 0.0951. The van der Waals surface area contributed by atoms with Gasteiger partial charge in [0.1, 0.15) is 0 Å². The van der Waals surface area contributed by atoms with E-state index in [0.29, 0.717) is 18.7 Å². The molecule has 0 aliphatic heterocycles. The molecule has 1 aromatic heterocycles. The molecule has 0 spiro atoms. The Morgan fingerprint density at radius 1 is 1.13 bits per heavy atom. The number of carbonyl (C=O) groups is 1. The molecule has 0 saturated heterocycles. The summed E-state index contributed by atoms with van der Waals surface area (Å²) in [7, 11) is -4.29. The Morgan fingerprint density at radius 2 is 1.80 bits per heavy atom. The highest BCUT2D eigenvalue weighted by atomic mass is 32.2. The van der Waals surface area contributed by atoms with Crippen LogP contribution < -0.4 is 5.32 Å². The van der Waals surface area contributed by atoms with Crippen LogP contribution in [-0.4, -0.2) is 36.4 Å². The second-order valence-electron chi connectivity index (χ2n) is 7.12. The smallest absolute Gasteiger partial charge is 0.355 e. The lowest BCUT2D eigenvalue weighted by atomic mass is 10.2. The predicted octanol–water partition coefficient (Wildman–Crippen LogP) is 4.26. The first-order chi connectivity index (χ1) is 13.9. The number of sulfone groups is 1. The van der Waals surface area contributed by atoms with Crippen LogP contribution >= 0.6 is 11.8 Å². The summed E-state index contributed by atoms with van der Waals surface area (Å²) >= 11 is 1.64. The number of aryl methyl sites for hydroxylation is 1. The van der Waals surface area contributed by atoms with Crippen LogP contribution in [0.5, 0.6) is 0 Å². The van der Waals surface area contributed by atoms with E-state index in [-0.39, 0.29) is 6.54 Å². The van der Waals surface area contributed by atoms with Crippen LogP contribution in [-0.2, 0) is 20.8 Å². The van der Waals surface area contributed by atoms with Crippen molar-refractivity contribution in [1.82, 2.24) is 10.3 Å². The summed E-state index contributed by atoms with van der Waals surface area (Å²) < 4.78 is 61.6. The summed E-state index contributed by atoms with van der Waals surface area (Å²) in [5, 5.41) is 2.02. The van der Waals surface area contributed by atoms with E-state index in [4.69, 9.17) is 0 Å². The molecule has 0 unspecified atom stereocenters. The molecule has 0 radical (unpaired) electrons. The topological polar surface area (TPSA) is 76.1 Å². The Balaban J connectivity index is 1.96. The normalized spacial score (nSPS) is 12.6. The number of hydrogen-bond donors (Lipinski definition) is 1. The van der Waals surface area contributed by atoms with Crippen LogP contribution in [0.15, 0.2) is 52.5 Å². The largest absolute Gasteiger partial charge is 0.417 e. The van der Waals surface area contributed by atoms with Gasteiger partial charge >= 0.3 is 6.18 Å². The number of hydrogen-bond acceptors (Lipinski definition) is 5. The summed E-state index contributed by atoms with van der Waals surface area (Å²) in [6.45, 7) is 4.70. The van der Waals surface area contributed by atoms with Crippen molar-refractivity contribution in [3.8, 4) is 0 Å². The van der Waals surface area contributed by atoms with Crippen molar-refractivity contribution in [2.24, 2.45) is 0 Å². The quantitative estimate of drug-likeness (QED) is 0.471. The number of aromatic nitrogens is 1. The SMILES string of the molecule is Cc1ccccc1SCCCNC(=O)C(C)(C)S(=O)(=O)c1ccc(C(F)(F)F)cn1. The molecular formula is C20H23F3N2O3S2. The van der Waals surface area contributed by atoms with Crippen molar-refractivity contribution in [2.45, 2.75) is 48.0 Å². The molecule has 0 aliphatic carbocycles. The second kappa shape index (κ2) is 9.38. The minimum atomic E-state index is -4.63. The fourth-order valence-electron chi connectivity index (χ4n) is 2.48. The number of nitrogens with zero attached hydrogens (tertiary/aromatic N) is 1. The van der Waals surface area contributed by atoms with Gasteiger partial charge in [-0.05, 0) is 56.7 Å². The lowest BCUT2D eigenvalue weighted by Gasteiger charge is -2.23. The highest BCUT2D eigenvalue weighted by Crippen LogP contribution is 2.30. The average Bonchev–Trinajstić information content (AvgIpc) is 2.68. The van der Waals surface area contributed by atoms with E-state index < -0.39 is 37.3 Å². The van der Waals surface area contributed by atoms with Gasteiger partial charge in [-0.15, -0.1) is 11.8 Å². The maximum absolute atomic E-state index is 12.8. The van der Waals surface area contributed by atoms with Crippen molar-refractivity contribution in [3.05, 3.63) is 53.7 Å². The zero-order chi connectivity index (χ0) is 22.6. The highest BCUT2D eigenvalue weighted by molar-refractivity contribution is 7.99. The zero-order valence-electron chi connectivity index (χ0n) is 16.8. The van der Waals surface area contributed by atoms with Crippen LogP contribution in [0.3, 0.4) is 0 Å². The summed E-state index contributed by atoms with van der Waals surface area (Å²) in [6.07, 6.45) is -3.55. The minimum Gasteiger partial charge on any atom is -0.355 e. The molecule has 0 bridgehead atoms. The number of nitrogens with one attached hydrogen (secondary N) is 1.